The molecular formula is C16H23NO3S. The van der Waals surface area contributed by atoms with E-state index in [4.69, 9.17) is 9.47 Å². The molecule has 2 aliphatic heterocycles. The molecule has 5 heteroatoms. The van der Waals surface area contributed by atoms with Crippen molar-refractivity contribution in [2.75, 3.05) is 19.8 Å². The number of fused-ring (bicyclic) bond motifs is 1. The lowest BCUT2D eigenvalue weighted by atomic mass is 9.99. The number of nitrogens with zero attached hydrogens (tertiary/aromatic N) is 1. The van der Waals surface area contributed by atoms with E-state index in [0.29, 0.717) is 13.0 Å². The molecule has 0 N–H and O–H groups in total. The van der Waals surface area contributed by atoms with E-state index >= 15 is 0 Å². The van der Waals surface area contributed by atoms with E-state index in [1.165, 1.54) is 0 Å². The van der Waals surface area contributed by atoms with Crippen LogP contribution in [0.15, 0.2) is 17.5 Å². The van der Waals surface area contributed by atoms with Gasteiger partial charge in [-0.1, -0.05) is 6.07 Å². The van der Waals surface area contributed by atoms with Crippen molar-refractivity contribution in [2.24, 2.45) is 0 Å². The number of likely N-dealkylation sites (tertiary alicyclic amines) is 1. The highest BCUT2D eigenvalue weighted by molar-refractivity contribution is 7.10. The summed E-state index contributed by atoms with van der Waals surface area (Å²) in [6, 6.07) is 4.31. The molecule has 2 fully saturated rings. The molecule has 3 atom stereocenters. The van der Waals surface area contributed by atoms with Gasteiger partial charge in [0.05, 0.1) is 31.3 Å². The van der Waals surface area contributed by atoms with Gasteiger partial charge in [0.15, 0.2) is 0 Å². The molecule has 0 saturated carbocycles. The fourth-order valence-electron chi connectivity index (χ4n) is 3.34. The van der Waals surface area contributed by atoms with E-state index in [1.807, 2.05) is 29.3 Å². The largest absolute Gasteiger partial charge is 0.379 e. The van der Waals surface area contributed by atoms with Gasteiger partial charge in [0.25, 0.3) is 0 Å². The Hall–Kier alpha value is -0.910. The van der Waals surface area contributed by atoms with Crippen molar-refractivity contribution in [2.45, 2.75) is 50.9 Å². The summed E-state index contributed by atoms with van der Waals surface area (Å²) in [6.45, 7) is 4.26. The van der Waals surface area contributed by atoms with Crippen LogP contribution in [0.25, 0.3) is 0 Å². The maximum atomic E-state index is 12.5. The van der Waals surface area contributed by atoms with Crippen molar-refractivity contribution >= 4 is 17.2 Å². The predicted molar refractivity (Wildman–Crippen MR) is 82.5 cm³/mol. The number of rotatable bonds is 5. The Morgan fingerprint density at radius 2 is 2.38 bits per heavy atom. The summed E-state index contributed by atoms with van der Waals surface area (Å²) in [7, 11) is 0. The van der Waals surface area contributed by atoms with Crippen LogP contribution < -0.4 is 0 Å². The third kappa shape index (κ3) is 3.47. The third-order valence-corrected chi connectivity index (χ3v) is 5.25. The van der Waals surface area contributed by atoms with Crippen molar-refractivity contribution in [1.82, 2.24) is 4.90 Å². The second-order valence-corrected chi connectivity index (χ2v) is 6.76. The quantitative estimate of drug-likeness (QED) is 0.839. The Morgan fingerprint density at radius 1 is 1.48 bits per heavy atom. The van der Waals surface area contributed by atoms with Gasteiger partial charge in [-0.05, 0) is 37.6 Å². The molecule has 2 saturated heterocycles. The van der Waals surface area contributed by atoms with Crippen LogP contribution in [0, 0.1) is 0 Å². The van der Waals surface area contributed by atoms with Crippen LogP contribution in [0.3, 0.4) is 0 Å². The normalized spacial score (nSPS) is 28.6. The minimum atomic E-state index is 0.205. The maximum Gasteiger partial charge on any atom is 0.228 e. The summed E-state index contributed by atoms with van der Waals surface area (Å²) >= 11 is 1.65. The first-order valence-electron chi connectivity index (χ1n) is 7.83. The van der Waals surface area contributed by atoms with Crippen molar-refractivity contribution in [3.8, 4) is 0 Å². The molecule has 1 aromatic heterocycles. The topological polar surface area (TPSA) is 38.8 Å². The molecule has 2 aliphatic rings. The Labute approximate surface area is 130 Å². The average Bonchev–Trinajstić information content (AvgIpc) is 3.13. The minimum Gasteiger partial charge on any atom is -0.379 e. The van der Waals surface area contributed by atoms with Crippen molar-refractivity contribution < 1.29 is 14.3 Å². The van der Waals surface area contributed by atoms with Crippen molar-refractivity contribution in [3.63, 3.8) is 0 Å². The predicted octanol–water partition coefficient (Wildman–Crippen LogP) is 2.48. The molecule has 0 spiro atoms. The monoisotopic (exact) mass is 309 g/mol. The van der Waals surface area contributed by atoms with E-state index in [9.17, 15) is 4.79 Å². The van der Waals surface area contributed by atoms with Crippen LogP contribution in [0.5, 0.6) is 0 Å². The molecule has 1 amide bonds. The van der Waals surface area contributed by atoms with Gasteiger partial charge in [0.2, 0.25) is 5.91 Å². The van der Waals surface area contributed by atoms with E-state index in [1.54, 1.807) is 11.3 Å². The Kier molecular flexibility index (Phi) is 4.93. The number of amides is 1. The second kappa shape index (κ2) is 6.90. The molecule has 0 bridgehead atoms. The number of carbonyl (C=O) groups is 1. The molecule has 21 heavy (non-hydrogen) atoms. The Morgan fingerprint density at radius 3 is 3.14 bits per heavy atom. The van der Waals surface area contributed by atoms with E-state index in [-0.39, 0.29) is 24.2 Å². The second-order valence-electron chi connectivity index (χ2n) is 5.73. The molecule has 116 valence electrons. The number of thiophene rings is 1. The van der Waals surface area contributed by atoms with Crippen LogP contribution in [0.2, 0.25) is 0 Å². The SMILES string of the molecule is CCOC[C@@H]1CC[C@@H]2[C@@H](CCN2C(=O)Cc2cccs2)O1. The molecule has 0 aliphatic carbocycles. The van der Waals surface area contributed by atoms with Gasteiger partial charge in [0.1, 0.15) is 0 Å². The number of hydrogen-bond donors (Lipinski definition) is 0. The van der Waals surface area contributed by atoms with Crippen LogP contribution in [-0.2, 0) is 20.7 Å². The van der Waals surface area contributed by atoms with Gasteiger partial charge in [-0.25, -0.2) is 0 Å². The van der Waals surface area contributed by atoms with Crippen LogP contribution in [-0.4, -0.2) is 48.8 Å². The van der Waals surface area contributed by atoms with Gasteiger partial charge < -0.3 is 14.4 Å². The zero-order chi connectivity index (χ0) is 14.7. The summed E-state index contributed by atoms with van der Waals surface area (Å²) in [6.07, 6.45) is 3.94. The number of carbonyl (C=O) groups excluding carboxylic acids is 1. The highest BCUT2D eigenvalue weighted by atomic mass is 32.1. The number of ether oxygens (including phenoxy) is 2. The van der Waals surface area contributed by atoms with Gasteiger partial charge in [-0.15, -0.1) is 11.3 Å². The first kappa shape index (κ1) is 15.0. The summed E-state index contributed by atoms with van der Waals surface area (Å²) in [5.74, 6) is 0.247. The highest BCUT2D eigenvalue weighted by Crippen LogP contribution is 2.32. The molecule has 1 aromatic rings. The summed E-state index contributed by atoms with van der Waals surface area (Å²) < 4.78 is 11.6. The van der Waals surface area contributed by atoms with E-state index in [2.05, 4.69) is 0 Å². The lowest BCUT2D eigenvalue weighted by Crippen LogP contribution is -2.46. The molecule has 3 heterocycles. The van der Waals surface area contributed by atoms with Crippen molar-refractivity contribution in [1.29, 1.82) is 0 Å². The van der Waals surface area contributed by atoms with Gasteiger partial charge in [-0.3, -0.25) is 4.79 Å². The van der Waals surface area contributed by atoms with Crippen LogP contribution in [0.4, 0.5) is 0 Å². The Balaban J connectivity index is 1.55. The zero-order valence-corrected chi connectivity index (χ0v) is 13.3. The summed E-state index contributed by atoms with van der Waals surface area (Å²) in [5, 5.41) is 2.03. The summed E-state index contributed by atoms with van der Waals surface area (Å²) in [5.41, 5.74) is 0. The summed E-state index contributed by atoms with van der Waals surface area (Å²) in [4.78, 5) is 15.7. The molecule has 0 unspecified atom stereocenters. The van der Waals surface area contributed by atoms with Crippen LogP contribution >= 0.6 is 11.3 Å². The smallest absolute Gasteiger partial charge is 0.228 e. The lowest BCUT2D eigenvalue weighted by molar-refractivity contribution is -0.138. The molecule has 4 nitrogen and oxygen atoms in total. The van der Waals surface area contributed by atoms with Gasteiger partial charge in [0, 0.05) is 18.0 Å². The first-order valence-corrected chi connectivity index (χ1v) is 8.71. The standard InChI is InChI=1S/C16H23NO3S/c1-2-19-11-12-5-6-14-15(20-12)7-8-17(14)16(18)10-13-4-3-9-21-13/h3-4,9,12,14-15H,2,5-8,10-11H2,1H3/t12-,14+,15+/m0/s1. The minimum absolute atomic E-state index is 0.205. The lowest BCUT2D eigenvalue weighted by Gasteiger charge is -2.35. The maximum absolute atomic E-state index is 12.5. The highest BCUT2D eigenvalue weighted by Gasteiger charge is 2.41. The first-order chi connectivity index (χ1) is 10.3. The molecular weight excluding hydrogens is 286 g/mol. The third-order valence-electron chi connectivity index (χ3n) is 4.37. The van der Waals surface area contributed by atoms with Gasteiger partial charge in [-0.2, -0.15) is 0 Å². The van der Waals surface area contributed by atoms with Crippen LogP contribution in [0.1, 0.15) is 31.1 Å². The zero-order valence-electron chi connectivity index (χ0n) is 12.5. The molecule has 0 aromatic carbocycles. The van der Waals surface area contributed by atoms with Crippen molar-refractivity contribution in [3.05, 3.63) is 22.4 Å². The van der Waals surface area contributed by atoms with E-state index < -0.39 is 0 Å². The Bertz CT molecular complexity index is 462. The van der Waals surface area contributed by atoms with E-state index in [0.717, 1.165) is 37.3 Å². The fraction of sp³-hybridized carbons (Fsp3) is 0.688. The fourth-order valence-corrected chi connectivity index (χ4v) is 4.04. The molecule has 0 radical (unpaired) electrons. The van der Waals surface area contributed by atoms with Gasteiger partial charge >= 0.3 is 0 Å². The average molecular weight is 309 g/mol. The molecule has 3 rings (SSSR count). The number of hydrogen-bond acceptors (Lipinski definition) is 4.